The SMILES string of the molecule is CC(C)C[C@H](NC(=O)[C@H](Cc1ccccc1)NC(=O)[C@@H](NC(=O)[C@@H](N)CCCCN)C(C)C)C(=O)N[C@@H](CCC(N)=O)C(=O)O. The number of primary amides is 1. The Kier molecular flexibility index (Phi) is 17.4. The number of hydrogen-bond acceptors (Lipinski definition) is 8. The summed E-state index contributed by atoms with van der Waals surface area (Å²) in [5.74, 6) is -5.03. The number of carbonyl (C=O) groups excluding carboxylic acids is 5. The molecular weight excluding hydrogens is 582 g/mol. The van der Waals surface area contributed by atoms with Gasteiger partial charge in [0.1, 0.15) is 24.2 Å². The number of hydrogen-bond donors (Lipinski definition) is 8. The molecule has 0 aliphatic rings. The van der Waals surface area contributed by atoms with Gasteiger partial charge >= 0.3 is 5.97 Å². The van der Waals surface area contributed by atoms with Crippen molar-refractivity contribution in [2.24, 2.45) is 29.0 Å². The first-order valence-corrected chi connectivity index (χ1v) is 15.4. The fraction of sp³-hybridized carbons (Fsp3) is 0.613. The van der Waals surface area contributed by atoms with E-state index >= 15 is 0 Å². The largest absolute Gasteiger partial charge is 0.480 e. The van der Waals surface area contributed by atoms with E-state index in [-0.39, 0.29) is 37.5 Å². The number of unbranched alkanes of at least 4 members (excludes halogenated alkanes) is 1. The van der Waals surface area contributed by atoms with Crippen LogP contribution in [0.15, 0.2) is 30.3 Å². The number of benzene rings is 1. The summed E-state index contributed by atoms with van der Waals surface area (Å²) in [6.45, 7) is 7.63. The normalized spacial score (nSPS) is 14.5. The summed E-state index contributed by atoms with van der Waals surface area (Å²) in [6, 6.07) is 3.41. The Labute approximate surface area is 265 Å². The molecule has 0 saturated carbocycles. The molecule has 5 atom stereocenters. The molecule has 0 spiro atoms. The smallest absolute Gasteiger partial charge is 0.326 e. The number of aliphatic carboxylic acids is 1. The van der Waals surface area contributed by atoms with Gasteiger partial charge in [0.2, 0.25) is 29.5 Å². The van der Waals surface area contributed by atoms with Crippen LogP contribution in [-0.2, 0) is 35.2 Å². The molecule has 1 aromatic carbocycles. The zero-order chi connectivity index (χ0) is 34.1. The van der Waals surface area contributed by atoms with Gasteiger partial charge in [-0.2, -0.15) is 0 Å². The molecule has 11 N–H and O–H groups in total. The Bertz CT molecular complexity index is 1130. The van der Waals surface area contributed by atoms with E-state index in [1.54, 1.807) is 44.2 Å². The van der Waals surface area contributed by atoms with Crippen LogP contribution in [0.5, 0.6) is 0 Å². The second kappa shape index (κ2) is 20.1. The summed E-state index contributed by atoms with van der Waals surface area (Å²) in [4.78, 5) is 76.0. The second-order valence-electron chi connectivity index (χ2n) is 12.0. The van der Waals surface area contributed by atoms with E-state index in [1.165, 1.54) is 0 Å². The lowest BCUT2D eigenvalue weighted by molar-refractivity contribution is -0.142. The minimum Gasteiger partial charge on any atom is -0.480 e. The average Bonchev–Trinajstić information content (AvgIpc) is 2.96. The Morgan fingerprint density at radius 1 is 0.756 bits per heavy atom. The lowest BCUT2D eigenvalue weighted by atomic mass is 9.99. The zero-order valence-corrected chi connectivity index (χ0v) is 26.7. The van der Waals surface area contributed by atoms with Gasteiger partial charge in [-0.25, -0.2) is 4.79 Å². The summed E-state index contributed by atoms with van der Waals surface area (Å²) in [5.41, 5.74) is 17.4. The van der Waals surface area contributed by atoms with Crippen molar-refractivity contribution in [3.05, 3.63) is 35.9 Å². The van der Waals surface area contributed by atoms with Crippen molar-refractivity contribution in [2.45, 2.75) is 103 Å². The van der Waals surface area contributed by atoms with Crippen LogP contribution in [-0.4, -0.2) is 77.4 Å². The van der Waals surface area contributed by atoms with Gasteiger partial charge in [0.15, 0.2) is 0 Å². The number of nitrogens with one attached hydrogen (secondary N) is 4. The van der Waals surface area contributed by atoms with Crippen molar-refractivity contribution >= 4 is 35.5 Å². The Hall–Kier alpha value is -4.04. The van der Waals surface area contributed by atoms with Crippen LogP contribution in [0.3, 0.4) is 0 Å². The second-order valence-corrected chi connectivity index (χ2v) is 12.0. The van der Waals surface area contributed by atoms with Gasteiger partial charge in [-0.05, 0) is 49.6 Å². The van der Waals surface area contributed by atoms with Crippen LogP contribution in [0.1, 0.15) is 71.8 Å². The van der Waals surface area contributed by atoms with E-state index in [4.69, 9.17) is 17.2 Å². The number of nitrogens with two attached hydrogens (primary N) is 3. The molecule has 0 aliphatic carbocycles. The summed E-state index contributed by atoms with van der Waals surface area (Å²) in [5, 5.41) is 20.0. The van der Waals surface area contributed by atoms with Crippen molar-refractivity contribution in [3.8, 4) is 0 Å². The summed E-state index contributed by atoms with van der Waals surface area (Å²) in [7, 11) is 0. The molecule has 0 aliphatic heterocycles. The van der Waals surface area contributed by atoms with Gasteiger partial charge in [0.05, 0.1) is 6.04 Å². The van der Waals surface area contributed by atoms with Crippen molar-refractivity contribution in [1.82, 2.24) is 21.3 Å². The molecule has 0 heterocycles. The molecule has 0 radical (unpaired) electrons. The average molecular weight is 634 g/mol. The van der Waals surface area contributed by atoms with E-state index in [2.05, 4.69) is 21.3 Å². The minimum atomic E-state index is -1.39. The maximum absolute atomic E-state index is 13.7. The first-order chi connectivity index (χ1) is 21.2. The van der Waals surface area contributed by atoms with Gasteiger partial charge in [0, 0.05) is 12.8 Å². The lowest BCUT2D eigenvalue weighted by Gasteiger charge is -2.28. The molecule has 1 rings (SSSR count). The molecule has 0 saturated heterocycles. The highest BCUT2D eigenvalue weighted by molar-refractivity contribution is 5.95. The predicted molar refractivity (Wildman–Crippen MR) is 169 cm³/mol. The number of rotatable bonds is 21. The maximum atomic E-state index is 13.7. The number of carbonyl (C=O) groups is 6. The maximum Gasteiger partial charge on any atom is 0.326 e. The van der Waals surface area contributed by atoms with Gasteiger partial charge in [0.25, 0.3) is 0 Å². The van der Waals surface area contributed by atoms with E-state index in [9.17, 15) is 33.9 Å². The van der Waals surface area contributed by atoms with E-state index in [0.29, 0.717) is 25.8 Å². The van der Waals surface area contributed by atoms with Crippen molar-refractivity contribution < 1.29 is 33.9 Å². The van der Waals surface area contributed by atoms with Crippen LogP contribution in [0.4, 0.5) is 0 Å². The Balaban J connectivity index is 3.20. The fourth-order valence-corrected chi connectivity index (χ4v) is 4.55. The molecule has 0 unspecified atom stereocenters. The molecule has 252 valence electrons. The highest BCUT2D eigenvalue weighted by Crippen LogP contribution is 2.11. The van der Waals surface area contributed by atoms with Crippen LogP contribution in [0.25, 0.3) is 0 Å². The molecule has 45 heavy (non-hydrogen) atoms. The van der Waals surface area contributed by atoms with Crippen molar-refractivity contribution in [3.63, 3.8) is 0 Å². The van der Waals surface area contributed by atoms with Gasteiger partial charge in [-0.15, -0.1) is 0 Å². The number of amides is 5. The van der Waals surface area contributed by atoms with Gasteiger partial charge in [-0.1, -0.05) is 64.4 Å². The molecule has 5 amide bonds. The zero-order valence-electron chi connectivity index (χ0n) is 26.7. The number of carboxylic acids is 1. The lowest BCUT2D eigenvalue weighted by Crippen LogP contribution is -2.60. The standard InChI is InChI=1S/C31H51N7O7/c1-18(2)16-23(28(41)35-22(31(44)45)13-14-25(34)39)36-29(42)24(17-20-10-6-5-7-11-20)37-30(43)26(19(3)4)38-27(40)21(33)12-8-9-15-32/h5-7,10-11,18-19,21-24,26H,8-9,12-17,32-33H2,1-4H3,(H2,34,39)(H,35,41)(H,36,42)(H,37,43)(H,38,40)(H,44,45)/t21-,22-,23-,24-,26-/m0/s1. The summed E-state index contributed by atoms with van der Waals surface area (Å²) < 4.78 is 0. The van der Waals surface area contributed by atoms with Crippen LogP contribution < -0.4 is 38.5 Å². The molecule has 0 aromatic heterocycles. The van der Waals surface area contributed by atoms with Gasteiger partial charge < -0.3 is 43.6 Å². The van der Waals surface area contributed by atoms with Crippen molar-refractivity contribution in [1.29, 1.82) is 0 Å². The molecule has 14 nitrogen and oxygen atoms in total. The quantitative estimate of drug-likeness (QED) is 0.0825. The van der Waals surface area contributed by atoms with E-state index < -0.39 is 65.7 Å². The fourth-order valence-electron chi connectivity index (χ4n) is 4.55. The van der Waals surface area contributed by atoms with Crippen LogP contribution in [0.2, 0.25) is 0 Å². The topological polar surface area (TPSA) is 249 Å². The van der Waals surface area contributed by atoms with E-state index in [1.807, 2.05) is 13.8 Å². The molecular formula is C31H51N7O7. The molecule has 1 aromatic rings. The first-order valence-electron chi connectivity index (χ1n) is 15.4. The Morgan fingerprint density at radius 3 is 1.87 bits per heavy atom. The summed E-state index contributed by atoms with van der Waals surface area (Å²) in [6.07, 6.45) is 1.54. The summed E-state index contributed by atoms with van der Waals surface area (Å²) >= 11 is 0. The monoisotopic (exact) mass is 633 g/mol. The Morgan fingerprint density at radius 2 is 1.33 bits per heavy atom. The van der Waals surface area contributed by atoms with Gasteiger partial charge in [-0.3, -0.25) is 24.0 Å². The third kappa shape index (κ3) is 15.0. The number of carboxylic acid groups (broad SMARTS) is 1. The van der Waals surface area contributed by atoms with Crippen LogP contribution >= 0.6 is 0 Å². The molecule has 0 bridgehead atoms. The first kappa shape index (κ1) is 39.0. The predicted octanol–water partition coefficient (Wildman–Crippen LogP) is -0.323. The van der Waals surface area contributed by atoms with Crippen molar-refractivity contribution in [2.75, 3.05) is 6.54 Å². The minimum absolute atomic E-state index is 0.0716. The van der Waals surface area contributed by atoms with E-state index in [0.717, 1.165) is 5.56 Å². The third-order valence-electron chi connectivity index (χ3n) is 7.10. The molecule has 0 fully saturated rings. The molecule has 14 heteroatoms. The third-order valence-corrected chi connectivity index (χ3v) is 7.10. The highest BCUT2D eigenvalue weighted by atomic mass is 16.4. The highest BCUT2D eigenvalue weighted by Gasteiger charge is 2.33. The van der Waals surface area contributed by atoms with Crippen LogP contribution in [0, 0.1) is 11.8 Å².